The first-order valence-electron chi connectivity index (χ1n) is 6.54. The summed E-state index contributed by atoms with van der Waals surface area (Å²) >= 11 is 3.03. The van der Waals surface area contributed by atoms with Crippen molar-refractivity contribution in [1.82, 2.24) is 20.4 Å². The van der Waals surface area contributed by atoms with Crippen LogP contribution in [-0.4, -0.2) is 41.2 Å². The number of nitrogens with zero attached hydrogens (tertiary/aromatic N) is 3. The molecule has 1 saturated heterocycles. The molecule has 2 heterocycles. The van der Waals surface area contributed by atoms with Crippen molar-refractivity contribution < 1.29 is 13.3 Å². The van der Waals surface area contributed by atoms with Crippen molar-refractivity contribution in [2.75, 3.05) is 26.2 Å². The lowest BCUT2D eigenvalue weighted by Crippen LogP contribution is -2.43. The van der Waals surface area contributed by atoms with E-state index in [2.05, 4.69) is 36.3 Å². The Morgan fingerprint density at radius 1 is 1.24 bits per heavy atom. The maximum absolute atomic E-state index is 13.8. The van der Waals surface area contributed by atoms with Crippen molar-refractivity contribution in [3.8, 4) is 11.5 Å². The summed E-state index contributed by atoms with van der Waals surface area (Å²) in [5, 5.41) is 7.04. The second kappa shape index (κ2) is 6.17. The van der Waals surface area contributed by atoms with Gasteiger partial charge in [0.15, 0.2) is 5.82 Å². The summed E-state index contributed by atoms with van der Waals surface area (Å²) < 4.78 is 33.0. The molecular formula is C13H13BrF2N4O. The van der Waals surface area contributed by atoms with Gasteiger partial charge in [0.25, 0.3) is 5.89 Å². The Labute approximate surface area is 128 Å². The average Bonchev–Trinajstić information content (AvgIpc) is 2.87. The normalized spacial score (nSPS) is 16.3. The Hall–Kier alpha value is -1.38. The van der Waals surface area contributed by atoms with Gasteiger partial charge in [-0.15, -0.1) is 0 Å². The number of halogens is 3. The molecule has 1 aliphatic rings. The summed E-state index contributed by atoms with van der Waals surface area (Å²) in [6, 6.07) is 2.33. The lowest BCUT2D eigenvalue weighted by molar-refractivity contribution is 0.225. The fourth-order valence-electron chi connectivity index (χ4n) is 2.24. The third kappa shape index (κ3) is 3.28. The summed E-state index contributed by atoms with van der Waals surface area (Å²) in [5.74, 6) is -1.19. The fraction of sp³-hybridized carbons (Fsp3) is 0.385. The lowest BCUT2D eigenvalue weighted by atomic mass is 10.2. The molecule has 1 aliphatic heterocycles. The predicted molar refractivity (Wildman–Crippen MR) is 75.5 cm³/mol. The van der Waals surface area contributed by atoms with Crippen LogP contribution in [0.3, 0.4) is 0 Å². The van der Waals surface area contributed by atoms with Crippen LogP contribution in [0.4, 0.5) is 8.78 Å². The third-order valence-electron chi connectivity index (χ3n) is 3.26. The Kier molecular flexibility index (Phi) is 4.27. The van der Waals surface area contributed by atoms with Crippen LogP contribution in [0.1, 0.15) is 5.82 Å². The van der Waals surface area contributed by atoms with Crippen molar-refractivity contribution in [2.45, 2.75) is 6.54 Å². The van der Waals surface area contributed by atoms with Crippen LogP contribution in [0.5, 0.6) is 0 Å². The molecule has 0 bridgehead atoms. The van der Waals surface area contributed by atoms with Crippen LogP contribution < -0.4 is 5.32 Å². The van der Waals surface area contributed by atoms with Crippen molar-refractivity contribution in [3.63, 3.8) is 0 Å². The van der Waals surface area contributed by atoms with Crippen molar-refractivity contribution >= 4 is 15.9 Å². The van der Waals surface area contributed by atoms with Gasteiger partial charge < -0.3 is 9.84 Å². The molecule has 21 heavy (non-hydrogen) atoms. The Morgan fingerprint density at radius 2 is 1.90 bits per heavy atom. The molecular weight excluding hydrogens is 346 g/mol. The Bertz CT molecular complexity index is 620. The first kappa shape index (κ1) is 14.6. The minimum Gasteiger partial charge on any atom is -0.334 e. The van der Waals surface area contributed by atoms with Gasteiger partial charge >= 0.3 is 0 Å². The first-order chi connectivity index (χ1) is 10.1. The summed E-state index contributed by atoms with van der Waals surface area (Å²) in [5.41, 5.74) is -0.294. The van der Waals surface area contributed by atoms with Gasteiger partial charge in [-0.05, 0) is 12.1 Å². The number of hydrogen-bond donors (Lipinski definition) is 1. The number of nitrogens with one attached hydrogen (secondary N) is 1. The molecule has 1 fully saturated rings. The highest BCUT2D eigenvalue weighted by atomic mass is 79.9. The van der Waals surface area contributed by atoms with Gasteiger partial charge in [-0.2, -0.15) is 4.98 Å². The number of rotatable bonds is 3. The second-order valence-electron chi connectivity index (χ2n) is 4.79. The minimum atomic E-state index is -0.737. The van der Waals surface area contributed by atoms with Crippen molar-refractivity contribution in [3.05, 3.63) is 34.1 Å². The van der Waals surface area contributed by atoms with E-state index in [1.807, 2.05) is 0 Å². The van der Waals surface area contributed by atoms with Gasteiger partial charge in [0.2, 0.25) is 0 Å². The molecule has 0 spiro atoms. The van der Waals surface area contributed by atoms with E-state index in [0.29, 0.717) is 16.8 Å². The molecule has 0 amide bonds. The molecule has 0 unspecified atom stereocenters. The van der Waals surface area contributed by atoms with Gasteiger partial charge in [0.1, 0.15) is 17.2 Å². The van der Waals surface area contributed by atoms with E-state index in [1.165, 1.54) is 12.1 Å². The molecule has 112 valence electrons. The van der Waals surface area contributed by atoms with Crippen LogP contribution in [-0.2, 0) is 6.54 Å². The number of piperazine rings is 1. The van der Waals surface area contributed by atoms with Crippen LogP contribution in [0.15, 0.2) is 21.1 Å². The Morgan fingerprint density at radius 3 is 2.57 bits per heavy atom. The molecule has 1 aromatic heterocycles. The molecule has 1 N–H and O–H groups in total. The summed E-state index contributed by atoms with van der Waals surface area (Å²) in [7, 11) is 0. The zero-order chi connectivity index (χ0) is 14.8. The molecule has 0 atom stereocenters. The van der Waals surface area contributed by atoms with Gasteiger partial charge in [-0.25, -0.2) is 8.78 Å². The third-order valence-corrected chi connectivity index (χ3v) is 3.72. The topological polar surface area (TPSA) is 54.2 Å². The van der Waals surface area contributed by atoms with E-state index in [-0.39, 0.29) is 11.5 Å². The monoisotopic (exact) mass is 358 g/mol. The van der Waals surface area contributed by atoms with E-state index >= 15 is 0 Å². The van der Waals surface area contributed by atoms with Crippen molar-refractivity contribution in [2.24, 2.45) is 0 Å². The number of hydrogen-bond acceptors (Lipinski definition) is 5. The number of benzene rings is 1. The Balaban J connectivity index is 1.81. The molecule has 0 saturated carbocycles. The molecule has 0 aliphatic carbocycles. The van der Waals surface area contributed by atoms with E-state index < -0.39 is 11.6 Å². The molecule has 8 heteroatoms. The van der Waals surface area contributed by atoms with Crippen LogP contribution in [0.2, 0.25) is 0 Å². The highest BCUT2D eigenvalue weighted by molar-refractivity contribution is 9.10. The minimum absolute atomic E-state index is 0.136. The average molecular weight is 359 g/mol. The van der Waals surface area contributed by atoms with Crippen LogP contribution >= 0.6 is 15.9 Å². The summed E-state index contributed by atoms with van der Waals surface area (Å²) in [6.07, 6.45) is 0. The van der Waals surface area contributed by atoms with E-state index in [4.69, 9.17) is 4.52 Å². The van der Waals surface area contributed by atoms with E-state index in [1.54, 1.807) is 0 Å². The zero-order valence-electron chi connectivity index (χ0n) is 11.1. The second-order valence-corrected chi connectivity index (χ2v) is 5.70. The van der Waals surface area contributed by atoms with Crippen molar-refractivity contribution in [1.29, 1.82) is 0 Å². The molecule has 2 aromatic rings. The van der Waals surface area contributed by atoms with Gasteiger partial charge in [-0.3, -0.25) is 4.90 Å². The summed E-state index contributed by atoms with van der Waals surface area (Å²) in [6.45, 7) is 4.07. The molecule has 1 aromatic carbocycles. The van der Waals surface area contributed by atoms with Gasteiger partial charge in [0.05, 0.1) is 6.54 Å². The quantitative estimate of drug-likeness (QED) is 0.911. The highest BCUT2D eigenvalue weighted by Crippen LogP contribution is 2.27. The van der Waals surface area contributed by atoms with Gasteiger partial charge in [-0.1, -0.05) is 21.1 Å². The largest absolute Gasteiger partial charge is 0.334 e. The fourth-order valence-corrected chi connectivity index (χ4v) is 2.64. The SMILES string of the molecule is Fc1cc(Br)cc(F)c1-c1nc(CN2CCNCC2)no1. The smallest absolute Gasteiger partial charge is 0.263 e. The number of aromatic nitrogens is 2. The maximum Gasteiger partial charge on any atom is 0.263 e. The van der Waals surface area contributed by atoms with Gasteiger partial charge in [0, 0.05) is 30.7 Å². The standard InChI is InChI=1S/C13H13BrF2N4O/c14-8-5-9(15)12(10(16)6-8)13-18-11(19-21-13)7-20-3-1-17-2-4-20/h5-6,17H,1-4,7H2. The summed E-state index contributed by atoms with van der Waals surface area (Å²) in [4.78, 5) is 6.24. The predicted octanol–water partition coefficient (Wildman–Crippen LogP) is 2.18. The highest BCUT2D eigenvalue weighted by Gasteiger charge is 2.20. The van der Waals surface area contributed by atoms with Crippen LogP contribution in [0, 0.1) is 11.6 Å². The molecule has 3 rings (SSSR count). The molecule has 5 nitrogen and oxygen atoms in total. The molecule has 0 radical (unpaired) electrons. The first-order valence-corrected chi connectivity index (χ1v) is 7.33. The lowest BCUT2D eigenvalue weighted by Gasteiger charge is -2.25. The van der Waals surface area contributed by atoms with E-state index in [0.717, 1.165) is 26.2 Å². The van der Waals surface area contributed by atoms with E-state index in [9.17, 15) is 8.78 Å². The zero-order valence-corrected chi connectivity index (χ0v) is 12.7. The maximum atomic E-state index is 13.8. The van der Waals surface area contributed by atoms with Crippen LogP contribution in [0.25, 0.3) is 11.5 Å².